The Hall–Kier alpha value is -0.0400. The van der Waals surface area contributed by atoms with Gasteiger partial charge in [0.25, 0.3) is 0 Å². The van der Waals surface area contributed by atoms with Crippen molar-refractivity contribution >= 4 is 0 Å². The predicted molar refractivity (Wildman–Crippen MR) is 128 cm³/mol. The van der Waals surface area contributed by atoms with Gasteiger partial charge >= 0.3 is 0 Å². The van der Waals surface area contributed by atoms with Gasteiger partial charge in [0.1, 0.15) is 0 Å². The molecule has 1 nitrogen and oxygen atoms in total. The van der Waals surface area contributed by atoms with Crippen molar-refractivity contribution in [1.29, 1.82) is 0 Å². The minimum absolute atomic E-state index is 0.114. The Morgan fingerprint density at radius 1 is 0.429 bits per heavy atom. The van der Waals surface area contributed by atoms with Gasteiger partial charge in [-0.15, -0.1) is 0 Å². The standard InChI is InChI=1S/C27H56O/c1-4-6-8-10-12-14-16-18-20-22-24-27(26(3)28)25-23-21-19-17-15-13-11-9-7-5-2/h26-28H,4-25H2,1-3H3. The van der Waals surface area contributed by atoms with E-state index in [0.29, 0.717) is 5.92 Å². The molecule has 170 valence electrons. The lowest BCUT2D eigenvalue weighted by Crippen LogP contribution is -2.16. The number of aliphatic hydroxyl groups excluding tert-OH is 1. The van der Waals surface area contributed by atoms with Crippen LogP contribution in [0.2, 0.25) is 0 Å². The van der Waals surface area contributed by atoms with Crippen molar-refractivity contribution in [3.8, 4) is 0 Å². The van der Waals surface area contributed by atoms with Gasteiger partial charge in [-0.3, -0.25) is 0 Å². The largest absolute Gasteiger partial charge is 0.393 e. The van der Waals surface area contributed by atoms with Crippen LogP contribution in [0.15, 0.2) is 0 Å². The quantitative estimate of drug-likeness (QED) is 0.170. The monoisotopic (exact) mass is 396 g/mol. The lowest BCUT2D eigenvalue weighted by Gasteiger charge is -2.19. The van der Waals surface area contributed by atoms with Crippen LogP contribution in [0.3, 0.4) is 0 Å². The zero-order valence-corrected chi connectivity index (χ0v) is 20.2. The molecule has 1 atom stereocenters. The third-order valence-corrected chi connectivity index (χ3v) is 6.54. The second-order valence-electron chi connectivity index (χ2n) is 9.44. The molecule has 0 aromatic heterocycles. The van der Waals surface area contributed by atoms with Crippen LogP contribution in [-0.2, 0) is 0 Å². The molecule has 0 heterocycles. The maximum Gasteiger partial charge on any atom is 0.0540 e. The van der Waals surface area contributed by atoms with Crippen molar-refractivity contribution in [3.05, 3.63) is 0 Å². The molecule has 0 aromatic rings. The first-order valence-electron chi connectivity index (χ1n) is 13.4. The molecular formula is C27H56O. The van der Waals surface area contributed by atoms with Crippen LogP contribution in [0.1, 0.15) is 162 Å². The Kier molecular flexibility index (Phi) is 23.2. The van der Waals surface area contributed by atoms with Gasteiger partial charge in [-0.25, -0.2) is 0 Å². The van der Waals surface area contributed by atoms with Gasteiger partial charge in [-0.05, 0) is 25.7 Å². The van der Waals surface area contributed by atoms with Crippen LogP contribution in [0.25, 0.3) is 0 Å². The van der Waals surface area contributed by atoms with Crippen molar-refractivity contribution in [1.82, 2.24) is 0 Å². The highest BCUT2D eigenvalue weighted by Gasteiger charge is 2.14. The zero-order chi connectivity index (χ0) is 20.7. The van der Waals surface area contributed by atoms with Crippen molar-refractivity contribution in [2.24, 2.45) is 5.92 Å². The smallest absolute Gasteiger partial charge is 0.0540 e. The molecule has 0 aliphatic carbocycles. The molecule has 0 aliphatic rings. The lowest BCUT2D eigenvalue weighted by molar-refractivity contribution is 0.111. The molecule has 0 spiro atoms. The molecule has 0 rings (SSSR count). The van der Waals surface area contributed by atoms with Crippen LogP contribution in [-0.4, -0.2) is 11.2 Å². The van der Waals surface area contributed by atoms with E-state index in [9.17, 15) is 5.11 Å². The lowest BCUT2D eigenvalue weighted by atomic mass is 9.90. The summed E-state index contributed by atoms with van der Waals surface area (Å²) in [6, 6.07) is 0. The van der Waals surface area contributed by atoms with Crippen molar-refractivity contribution in [2.45, 2.75) is 168 Å². The maximum absolute atomic E-state index is 10.1. The van der Waals surface area contributed by atoms with Gasteiger partial charge in [0.15, 0.2) is 0 Å². The van der Waals surface area contributed by atoms with Crippen LogP contribution in [0.4, 0.5) is 0 Å². The van der Waals surface area contributed by atoms with Gasteiger partial charge < -0.3 is 5.11 Å². The number of aliphatic hydroxyl groups is 1. The molecule has 0 aromatic carbocycles. The molecule has 0 fully saturated rings. The molecule has 28 heavy (non-hydrogen) atoms. The van der Waals surface area contributed by atoms with Crippen molar-refractivity contribution in [3.63, 3.8) is 0 Å². The van der Waals surface area contributed by atoms with E-state index >= 15 is 0 Å². The van der Waals surface area contributed by atoms with Crippen molar-refractivity contribution in [2.75, 3.05) is 0 Å². The van der Waals surface area contributed by atoms with Crippen LogP contribution < -0.4 is 0 Å². The highest BCUT2D eigenvalue weighted by molar-refractivity contribution is 4.66. The van der Waals surface area contributed by atoms with Gasteiger partial charge in [-0.1, -0.05) is 142 Å². The number of rotatable bonds is 23. The normalized spacial score (nSPS) is 12.8. The first-order valence-corrected chi connectivity index (χ1v) is 13.4. The summed E-state index contributed by atoms with van der Waals surface area (Å²) in [4.78, 5) is 0. The first kappa shape index (κ1) is 28.0. The maximum atomic E-state index is 10.1. The number of hydrogen-bond donors (Lipinski definition) is 1. The Labute approximate surface area is 179 Å². The zero-order valence-electron chi connectivity index (χ0n) is 20.2. The Morgan fingerprint density at radius 3 is 0.929 bits per heavy atom. The van der Waals surface area contributed by atoms with E-state index in [2.05, 4.69) is 13.8 Å². The summed E-state index contributed by atoms with van der Waals surface area (Å²) in [5, 5.41) is 10.1. The summed E-state index contributed by atoms with van der Waals surface area (Å²) < 4.78 is 0. The van der Waals surface area contributed by atoms with E-state index in [-0.39, 0.29) is 6.10 Å². The minimum Gasteiger partial charge on any atom is -0.393 e. The average Bonchev–Trinajstić information content (AvgIpc) is 2.68. The molecule has 0 radical (unpaired) electrons. The van der Waals surface area contributed by atoms with E-state index in [1.165, 1.54) is 141 Å². The Bertz CT molecular complexity index is 249. The third-order valence-electron chi connectivity index (χ3n) is 6.54. The van der Waals surface area contributed by atoms with Gasteiger partial charge in [0.05, 0.1) is 6.10 Å². The number of unbranched alkanes of at least 4 members (excludes halogenated alkanes) is 18. The summed E-state index contributed by atoms with van der Waals surface area (Å²) in [5.41, 5.74) is 0. The summed E-state index contributed by atoms with van der Waals surface area (Å²) in [5.74, 6) is 0.545. The Balaban J connectivity index is 3.44. The molecule has 1 unspecified atom stereocenters. The summed E-state index contributed by atoms with van der Waals surface area (Å²) >= 11 is 0. The fourth-order valence-corrected chi connectivity index (χ4v) is 4.41. The summed E-state index contributed by atoms with van der Waals surface area (Å²) in [6.45, 7) is 6.59. The molecule has 0 bridgehead atoms. The highest BCUT2D eigenvalue weighted by atomic mass is 16.3. The van der Waals surface area contributed by atoms with E-state index < -0.39 is 0 Å². The van der Waals surface area contributed by atoms with Crippen LogP contribution >= 0.6 is 0 Å². The summed E-state index contributed by atoms with van der Waals surface area (Å²) in [6.07, 6.45) is 30.4. The fraction of sp³-hybridized carbons (Fsp3) is 1.00. The topological polar surface area (TPSA) is 20.2 Å². The van der Waals surface area contributed by atoms with Gasteiger partial charge in [0.2, 0.25) is 0 Å². The molecular weight excluding hydrogens is 340 g/mol. The minimum atomic E-state index is -0.114. The van der Waals surface area contributed by atoms with Crippen LogP contribution in [0, 0.1) is 5.92 Å². The second kappa shape index (κ2) is 23.2. The van der Waals surface area contributed by atoms with E-state index in [1.807, 2.05) is 6.92 Å². The summed E-state index contributed by atoms with van der Waals surface area (Å²) in [7, 11) is 0. The molecule has 1 N–H and O–H groups in total. The fourth-order valence-electron chi connectivity index (χ4n) is 4.41. The molecule has 0 saturated heterocycles. The molecule has 0 amide bonds. The third kappa shape index (κ3) is 20.7. The highest BCUT2D eigenvalue weighted by Crippen LogP contribution is 2.22. The van der Waals surface area contributed by atoms with E-state index in [4.69, 9.17) is 0 Å². The predicted octanol–water partition coefficient (Wildman–Crippen LogP) is 9.61. The second-order valence-corrected chi connectivity index (χ2v) is 9.44. The Morgan fingerprint density at radius 2 is 0.679 bits per heavy atom. The average molecular weight is 397 g/mol. The van der Waals surface area contributed by atoms with Gasteiger partial charge in [-0.2, -0.15) is 0 Å². The SMILES string of the molecule is CCCCCCCCCCCCC(CCCCCCCCCCCC)C(C)O. The molecule has 0 aliphatic heterocycles. The number of hydrogen-bond acceptors (Lipinski definition) is 1. The van der Waals surface area contributed by atoms with E-state index in [0.717, 1.165) is 0 Å². The van der Waals surface area contributed by atoms with Crippen LogP contribution in [0.5, 0.6) is 0 Å². The van der Waals surface area contributed by atoms with Gasteiger partial charge in [0, 0.05) is 0 Å². The van der Waals surface area contributed by atoms with Crippen molar-refractivity contribution < 1.29 is 5.11 Å². The van der Waals surface area contributed by atoms with E-state index in [1.54, 1.807) is 0 Å². The first-order chi connectivity index (χ1) is 13.7. The molecule has 0 saturated carbocycles. The molecule has 1 heteroatoms.